The standard InChI is InChI=1S/C14H14N2O/c1-15-14(17)11-16-9-7-13(8-10-16)12-5-3-2-4-6-12/h2-10H,11H2,1H3/p+1. The third-order valence-corrected chi connectivity index (χ3v) is 2.60. The van der Waals surface area contributed by atoms with E-state index in [4.69, 9.17) is 0 Å². The van der Waals surface area contributed by atoms with Crippen LogP contribution >= 0.6 is 0 Å². The van der Waals surface area contributed by atoms with Gasteiger partial charge in [-0.05, 0) is 11.1 Å². The van der Waals surface area contributed by atoms with Crippen LogP contribution in [0, 0.1) is 0 Å². The van der Waals surface area contributed by atoms with Crippen molar-refractivity contribution in [3.63, 3.8) is 0 Å². The number of amides is 1. The van der Waals surface area contributed by atoms with E-state index in [2.05, 4.69) is 17.4 Å². The Bertz CT molecular complexity index is 491. The molecule has 1 aromatic heterocycles. The van der Waals surface area contributed by atoms with Gasteiger partial charge in [0.2, 0.25) is 6.54 Å². The number of pyridine rings is 1. The molecule has 0 atom stereocenters. The van der Waals surface area contributed by atoms with E-state index in [0.717, 1.165) is 5.56 Å². The first-order chi connectivity index (χ1) is 8.29. The van der Waals surface area contributed by atoms with Gasteiger partial charge in [-0.2, -0.15) is 4.57 Å². The molecule has 0 fully saturated rings. The Labute approximate surface area is 101 Å². The number of nitrogens with zero attached hydrogens (tertiary/aromatic N) is 1. The van der Waals surface area contributed by atoms with Gasteiger partial charge in [0.15, 0.2) is 12.4 Å². The van der Waals surface area contributed by atoms with Crippen molar-refractivity contribution in [1.82, 2.24) is 5.32 Å². The minimum absolute atomic E-state index is 0.00228. The number of benzene rings is 1. The minimum Gasteiger partial charge on any atom is -0.354 e. The van der Waals surface area contributed by atoms with Crippen LogP contribution in [0.25, 0.3) is 11.1 Å². The number of carbonyl (C=O) groups excluding carboxylic acids is 1. The maximum absolute atomic E-state index is 11.2. The van der Waals surface area contributed by atoms with Crippen LogP contribution in [0.2, 0.25) is 0 Å². The molecule has 17 heavy (non-hydrogen) atoms. The molecule has 1 aromatic carbocycles. The quantitative estimate of drug-likeness (QED) is 0.790. The molecule has 0 aliphatic rings. The van der Waals surface area contributed by atoms with Gasteiger partial charge in [0.25, 0.3) is 5.91 Å². The molecular weight excluding hydrogens is 212 g/mol. The molecule has 2 aromatic rings. The zero-order chi connectivity index (χ0) is 12.1. The normalized spacial score (nSPS) is 9.94. The van der Waals surface area contributed by atoms with Gasteiger partial charge in [0.1, 0.15) is 0 Å². The maximum Gasteiger partial charge on any atom is 0.285 e. The molecule has 3 nitrogen and oxygen atoms in total. The van der Waals surface area contributed by atoms with Gasteiger partial charge < -0.3 is 5.32 Å². The van der Waals surface area contributed by atoms with Crippen molar-refractivity contribution in [3.05, 3.63) is 54.9 Å². The van der Waals surface area contributed by atoms with E-state index < -0.39 is 0 Å². The lowest BCUT2D eigenvalue weighted by Gasteiger charge is -2.00. The number of nitrogens with one attached hydrogen (secondary N) is 1. The lowest BCUT2D eigenvalue weighted by atomic mass is 10.1. The van der Waals surface area contributed by atoms with Crippen LogP contribution in [0.3, 0.4) is 0 Å². The lowest BCUT2D eigenvalue weighted by molar-refractivity contribution is -0.684. The summed E-state index contributed by atoms with van der Waals surface area (Å²) in [4.78, 5) is 11.2. The number of likely N-dealkylation sites (N-methyl/N-ethyl adjacent to an activating group) is 1. The highest BCUT2D eigenvalue weighted by Gasteiger charge is 2.07. The molecule has 0 aliphatic carbocycles. The largest absolute Gasteiger partial charge is 0.354 e. The smallest absolute Gasteiger partial charge is 0.285 e. The predicted molar refractivity (Wildman–Crippen MR) is 66.1 cm³/mol. The second kappa shape index (κ2) is 5.25. The average molecular weight is 227 g/mol. The van der Waals surface area contributed by atoms with Crippen molar-refractivity contribution in [1.29, 1.82) is 0 Å². The summed E-state index contributed by atoms with van der Waals surface area (Å²) in [6.07, 6.45) is 3.83. The Balaban J connectivity index is 2.16. The molecule has 1 N–H and O–H groups in total. The highest BCUT2D eigenvalue weighted by Crippen LogP contribution is 2.16. The zero-order valence-corrected chi connectivity index (χ0v) is 9.76. The van der Waals surface area contributed by atoms with Crippen molar-refractivity contribution in [3.8, 4) is 11.1 Å². The zero-order valence-electron chi connectivity index (χ0n) is 9.76. The molecule has 0 bridgehead atoms. The average Bonchev–Trinajstić information content (AvgIpc) is 2.40. The van der Waals surface area contributed by atoms with Gasteiger partial charge >= 0.3 is 0 Å². The van der Waals surface area contributed by atoms with Crippen molar-refractivity contribution in [2.24, 2.45) is 0 Å². The van der Waals surface area contributed by atoms with Gasteiger partial charge in [0, 0.05) is 19.2 Å². The fraction of sp³-hybridized carbons (Fsp3) is 0.143. The molecule has 3 heteroatoms. The van der Waals surface area contributed by atoms with Crippen LogP contribution in [0.4, 0.5) is 0 Å². The van der Waals surface area contributed by atoms with Crippen LogP contribution in [0.15, 0.2) is 54.9 Å². The fourth-order valence-corrected chi connectivity index (χ4v) is 1.63. The first-order valence-electron chi connectivity index (χ1n) is 5.55. The summed E-state index contributed by atoms with van der Waals surface area (Å²) in [5.41, 5.74) is 2.33. The number of hydrogen-bond donors (Lipinski definition) is 1. The van der Waals surface area contributed by atoms with E-state index >= 15 is 0 Å². The Kier molecular flexibility index (Phi) is 3.50. The summed E-state index contributed by atoms with van der Waals surface area (Å²) in [5, 5.41) is 2.60. The molecular formula is C14H15N2O+. The highest BCUT2D eigenvalue weighted by molar-refractivity contribution is 5.73. The van der Waals surface area contributed by atoms with Crippen molar-refractivity contribution in [2.45, 2.75) is 6.54 Å². The van der Waals surface area contributed by atoms with Crippen LogP contribution < -0.4 is 9.88 Å². The Morgan fingerprint density at radius 2 is 1.65 bits per heavy atom. The van der Waals surface area contributed by atoms with Crippen molar-refractivity contribution in [2.75, 3.05) is 7.05 Å². The van der Waals surface area contributed by atoms with Gasteiger partial charge in [-0.3, -0.25) is 4.79 Å². The van der Waals surface area contributed by atoms with E-state index in [-0.39, 0.29) is 5.91 Å². The molecule has 1 heterocycles. The highest BCUT2D eigenvalue weighted by atomic mass is 16.1. The molecule has 86 valence electrons. The van der Waals surface area contributed by atoms with E-state index in [1.54, 1.807) is 7.05 Å². The first kappa shape index (κ1) is 11.3. The fourth-order valence-electron chi connectivity index (χ4n) is 1.63. The van der Waals surface area contributed by atoms with Crippen LogP contribution in [0.5, 0.6) is 0 Å². The Morgan fingerprint density at radius 1 is 1.06 bits per heavy atom. The molecule has 0 spiro atoms. The van der Waals surface area contributed by atoms with Gasteiger partial charge in [-0.1, -0.05) is 30.3 Å². The molecule has 0 saturated heterocycles. The molecule has 0 aliphatic heterocycles. The number of aromatic nitrogens is 1. The molecule has 0 radical (unpaired) electrons. The maximum atomic E-state index is 11.2. The van der Waals surface area contributed by atoms with Gasteiger partial charge in [-0.15, -0.1) is 0 Å². The number of rotatable bonds is 3. The van der Waals surface area contributed by atoms with Crippen LogP contribution in [-0.4, -0.2) is 13.0 Å². The summed E-state index contributed by atoms with van der Waals surface area (Å²) in [7, 11) is 1.64. The van der Waals surface area contributed by atoms with E-state index in [1.165, 1.54) is 5.56 Å². The summed E-state index contributed by atoms with van der Waals surface area (Å²) < 4.78 is 1.85. The molecule has 2 rings (SSSR count). The molecule has 0 unspecified atom stereocenters. The Hall–Kier alpha value is -2.16. The topological polar surface area (TPSA) is 33.0 Å². The van der Waals surface area contributed by atoms with E-state index in [1.807, 2.05) is 47.3 Å². The predicted octanol–water partition coefficient (Wildman–Crippen LogP) is 1.39. The summed E-state index contributed by atoms with van der Waals surface area (Å²) in [5.74, 6) is 0.00228. The second-order valence-corrected chi connectivity index (χ2v) is 3.80. The number of carbonyl (C=O) groups is 1. The number of hydrogen-bond acceptors (Lipinski definition) is 1. The summed E-state index contributed by atoms with van der Waals surface area (Å²) in [6, 6.07) is 14.2. The van der Waals surface area contributed by atoms with Gasteiger partial charge in [0.05, 0.1) is 0 Å². The van der Waals surface area contributed by atoms with E-state index in [9.17, 15) is 4.79 Å². The SMILES string of the molecule is CNC(=O)C[n+]1ccc(-c2ccccc2)cc1. The van der Waals surface area contributed by atoms with Crippen molar-refractivity contribution < 1.29 is 9.36 Å². The second-order valence-electron chi connectivity index (χ2n) is 3.80. The molecule has 0 saturated carbocycles. The summed E-state index contributed by atoms with van der Waals surface area (Å²) in [6.45, 7) is 0.353. The molecule has 1 amide bonds. The van der Waals surface area contributed by atoms with Crippen molar-refractivity contribution >= 4 is 5.91 Å². The minimum atomic E-state index is 0.00228. The summed E-state index contributed by atoms with van der Waals surface area (Å²) >= 11 is 0. The lowest BCUT2D eigenvalue weighted by Crippen LogP contribution is -2.41. The third-order valence-electron chi connectivity index (χ3n) is 2.60. The third kappa shape index (κ3) is 2.91. The monoisotopic (exact) mass is 227 g/mol. The van der Waals surface area contributed by atoms with Crippen LogP contribution in [0.1, 0.15) is 0 Å². The van der Waals surface area contributed by atoms with Gasteiger partial charge in [-0.25, -0.2) is 0 Å². The Morgan fingerprint density at radius 3 is 2.24 bits per heavy atom. The van der Waals surface area contributed by atoms with Crippen LogP contribution in [-0.2, 0) is 11.3 Å². The first-order valence-corrected chi connectivity index (χ1v) is 5.55. The van der Waals surface area contributed by atoms with E-state index in [0.29, 0.717) is 6.54 Å².